The van der Waals surface area contributed by atoms with E-state index in [1.165, 1.54) is 0 Å². The van der Waals surface area contributed by atoms with E-state index >= 15 is 0 Å². The van der Waals surface area contributed by atoms with Gasteiger partial charge in [-0.1, -0.05) is 28.1 Å². The number of nitrogens with one attached hydrogen (secondary N) is 2. The molecule has 21 heavy (non-hydrogen) atoms. The van der Waals surface area contributed by atoms with Crippen LogP contribution in [-0.2, 0) is 20.1 Å². The van der Waals surface area contributed by atoms with Crippen molar-refractivity contribution in [3.8, 4) is 0 Å². The van der Waals surface area contributed by atoms with Gasteiger partial charge in [-0.2, -0.15) is 5.10 Å². The Morgan fingerprint density at radius 2 is 2.24 bits per heavy atom. The molecule has 0 saturated heterocycles. The Morgan fingerprint density at radius 1 is 1.38 bits per heavy atom. The molecular formula is C14H19BrN6. The molecule has 1 aromatic carbocycles. The summed E-state index contributed by atoms with van der Waals surface area (Å²) in [6.07, 6.45) is 1.54. The molecule has 2 N–H and O–H groups in total. The van der Waals surface area contributed by atoms with E-state index in [4.69, 9.17) is 0 Å². The molecule has 1 heterocycles. The van der Waals surface area contributed by atoms with Crippen LogP contribution in [0.1, 0.15) is 18.3 Å². The predicted molar refractivity (Wildman–Crippen MR) is 86.8 cm³/mol. The van der Waals surface area contributed by atoms with Crippen LogP contribution in [0.2, 0.25) is 0 Å². The van der Waals surface area contributed by atoms with Gasteiger partial charge in [0.2, 0.25) is 0 Å². The summed E-state index contributed by atoms with van der Waals surface area (Å²) in [6.45, 7) is 4.05. The van der Waals surface area contributed by atoms with Crippen molar-refractivity contribution in [1.82, 2.24) is 25.4 Å². The van der Waals surface area contributed by atoms with Crippen LogP contribution in [0.15, 0.2) is 40.1 Å². The quantitative estimate of drug-likeness (QED) is 0.637. The van der Waals surface area contributed by atoms with Crippen molar-refractivity contribution in [1.29, 1.82) is 0 Å². The van der Waals surface area contributed by atoms with Crippen molar-refractivity contribution < 1.29 is 0 Å². The molecule has 0 unspecified atom stereocenters. The summed E-state index contributed by atoms with van der Waals surface area (Å²) < 4.78 is 2.80. The number of hydrogen-bond donors (Lipinski definition) is 2. The van der Waals surface area contributed by atoms with Gasteiger partial charge in [0, 0.05) is 18.1 Å². The maximum atomic E-state index is 4.57. The number of halogens is 1. The lowest BCUT2D eigenvalue weighted by Gasteiger charge is -2.10. The van der Waals surface area contributed by atoms with E-state index in [0.717, 1.165) is 28.4 Å². The zero-order valence-corrected chi connectivity index (χ0v) is 13.8. The minimum atomic E-state index is 0.584. The Kier molecular flexibility index (Phi) is 5.74. The van der Waals surface area contributed by atoms with E-state index in [9.17, 15) is 0 Å². The van der Waals surface area contributed by atoms with Crippen LogP contribution >= 0.6 is 15.9 Å². The molecule has 0 aliphatic rings. The standard InChI is InChI=1S/C14H19BrN6/c1-3-16-14(18-9-13-19-10-20-21(13)2)17-8-11-5-4-6-12(15)7-11/h4-7,10H,3,8-9H2,1-2H3,(H2,16,17,18). The van der Waals surface area contributed by atoms with Crippen molar-refractivity contribution in [2.75, 3.05) is 6.54 Å². The second-order valence-electron chi connectivity index (χ2n) is 4.48. The molecule has 0 spiro atoms. The number of aryl methyl sites for hydroxylation is 1. The highest BCUT2D eigenvalue weighted by Crippen LogP contribution is 2.12. The maximum absolute atomic E-state index is 4.57. The minimum Gasteiger partial charge on any atom is -0.357 e. The maximum Gasteiger partial charge on any atom is 0.191 e. The van der Waals surface area contributed by atoms with Gasteiger partial charge in [0.1, 0.15) is 12.2 Å². The Bertz CT molecular complexity index is 607. The third-order valence-electron chi connectivity index (χ3n) is 2.87. The number of aromatic nitrogens is 3. The highest BCUT2D eigenvalue weighted by Gasteiger charge is 2.02. The van der Waals surface area contributed by atoms with Gasteiger partial charge in [0.15, 0.2) is 5.96 Å². The van der Waals surface area contributed by atoms with Crippen molar-refractivity contribution in [2.24, 2.45) is 12.0 Å². The second-order valence-corrected chi connectivity index (χ2v) is 5.39. The minimum absolute atomic E-state index is 0.584. The molecule has 0 amide bonds. The van der Waals surface area contributed by atoms with Crippen LogP contribution in [0, 0.1) is 0 Å². The van der Waals surface area contributed by atoms with E-state index < -0.39 is 0 Å². The molecule has 7 heteroatoms. The lowest BCUT2D eigenvalue weighted by atomic mass is 10.2. The number of benzene rings is 1. The Hall–Kier alpha value is -1.89. The molecule has 0 saturated carbocycles. The lowest BCUT2D eigenvalue weighted by molar-refractivity contribution is 0.673. The first-order chi connectivity index (χ1) is 10.2. The van der Waals surface area contributed by atoms with Gasteiger partial charge in [-0.3, -0.25) is 4.68 Å². The first-order valence-corrected chi connectivity index (χ1v) is 7.58. The fourth-order valence-electron chi connectivity index (χ4n) is 1.79. The average molecular weight is 351 g/mol. The van der Waals surface area contributed by atoms with Crippen molar-refractivity contribution in [3.63, 3.8) is 0 Å². The molecule has 6 nitrogen and oxygen atoms in total. The zero-order valence-electron chi connectivity index (χ0n) is 12.2. The Balaban J connectivity index is 1.97. The zero-order chi connectivity index (χ0) is 15.1. The van der Waals surface area contributed by atoms with E-state index in [0.29, 0.717) is 13.1 Å². The normalized spacial score (nSPS) is 11.5. The summed E-state index contributed by atoms with van der Waals surface area (Å²) in [5.74, 6) is 1.63. The second kappa shape index (κ2) is 7.78. The molecule has 2 aromatic rings. The summed E-state index contributed by atoms with van der Waals surface area (Å²) >= 11 is 3.47. The number of rotatable bonds is 5. The van der Waals surface area contributed by atoms with E-state index in [1.54, 1.807) is 11.0 Å². The molecule has 2 rings (SSSR count). The molecular weight excluding hydrogens is 332 g/mol. The van der Waals surface area contributed by atoms with E-state index in [1.807, 2.05) is 26.1 Å². The van der Waals surface area contributed by atoms with E-state index in [2.05, 4.69) is 53.8 Å². The lowest BCUT2D eigenvalue weighted by Crippen LogP contribution is -2.37. The fourth-order valence-corrected chi connectivity index (χ4v) is 2.24. The van der Waals surface area contributed by atoms with Crippen LogP contribution < -0.4 is 10.6 Å². The highest BCUT2D eigenvalue weighted by molar-refractivity contribution is 9.10. The molecule has 112 valence electrons. The third-order valence-corrected chi connectivity index (χ3v) is 3.37. The topological polar surface area (TPSA) is 67.1 Å². The molecule has 0 bridgehead atoms. The molecule has 0 radical (unpaired) electrons. The molecule has 0 atom stereocenters. The van der Waals surface area contributed by atoms with Crippen molar-refractivity contribution in [3.05, 3.63) is 46.5 Å². The first kappa shape index (κ1) is 15.5. The van der Waals surface area contributed by atoms with Crippen LogP contribution in [0.3, 0.4) is 0 Å². The first-order valence-electron chi connectivity index (χ1n) is 6.78. The van der Waals surface area contributed by atoms with Crippen LogP contribution in [0.25, 0.3) is 0 Å². The fraction of sp³-hybridized carbons (Fsp3) is 0.357. The van der Waals surface area contributed by atoms with Gasteiger partial charge < -0.3 is 10.6 Å². The summed E-state index contributed by atoms with van der Waals surface area (Å²) in [7, 11) is 1.87. The van der Waals surface area contributed by atoms with Gasteiger partial charge in [0.25, 0.3) is 0 Å². The summed E-state index contributed by atoms with van der Waals surface area (Å²) in [5.41, 5.74) is 1.15. The molecule has 0 aliphatic carbocycles. The Morgan fingerprint density at radius 3 is 2.90 bits per heavy atom. The highest BCUT2D eigenvalue weighted by atomic mass is 79.9. The molecule has 0 aliphatic heterocycles. The van der Waals surface area contributed by atoms with Gasteiger partial charge in [0.05, 0.1) is 13.1 Å². The molecule has 1 aromatic heterocycles. The number of guanidine groups is 1. The number of nitrogens with zero attached hydrogens (tertiary/aromatic N) is 4. The predicted octanol–water partition coefficient (Wildman–Crippen LogP) is 1.83. The van der Waals surface area contributed by atoms with Gasteiger partial charge in [-0.05, 0) is 24.6 Å². The number of hydrogen-bond acceptors (Lipinski definition) is 3. The smallest absolute Gasteiger partial charge is 0.191 e. The van der Waals surface area contributed by atoms with Crippen LogP contribution in [0.5, 0.6) is 0 Å². The van der Waals surface area contributed by atoms with Crippen LogP contribution in [-0.4, -0.2) is 27.3 Å². The summed E-state index contributed by atoms with van der Waals surface area (Å²) in [6, 6.07) is 8.13. The summed E-state index contributed by atoms with van der Waals surface area (Å²) in [5, 5.41) is 10.5. The number of aliphatic imine (C=N–C) groups is 1. The van der Waals surface area contributed by atoms with E-state index in [-0.39, 0.29) is 0 Å². The van der Waals surface area contributed by atoms with Gasteiger partial charge in [-0.15, -0.1) is 0 Å². The van der Waals surface area contributed by atoms with Crippen molar-refractivity contribution >= 4 is 21.9 Å². The molecule has 0 fully saturated rings. The van der Waals surface area contributed by atoms with Gasteiger partial charge in [-0.25, -0.2) is 9.98 Å². The SMILES string of the molecule is CCNC(=NCc1cccc(Br)c1)NCc1ncnn1C. The third kappa shape index (κ3) is 4.86. The summed E-state index contributed by atoms with van der Waals surface area (Å²) in [4.78, 5) is 8.75. The van der Waals surface area contributed by atoms with Crippen molar-refractivity contribution in [2.45, 2.75) is 20.0 Å². The van der Waals surface area contributed by atoms with Crippen LogP contribution in [0.4, 0.5) is 0 Å². The van der Waals surface area contributed by atoms with Gasteiger partial charge >= 0.3 is 0 Å². The largest absolute Gasteiger partial charge is 0.357 e. The monoisotopic (exact) mass is 350 g/mol. The average Bonchev–Trinajstić information content (AvgIpc) is 2.87. The Labute approximate surface area is 132 Å².